The summed E-state index contributed by atoms with van der Waals surface area (Å²) in [5.74, 6) is 0.919. The SMILES string of the molecule is CCC(C)(Pc1ccccc1CNC)c1ccccc1OCOC. The lowest BCUT2D eigenvalue weighted by Crippen LogP contribution is -2.22. The predicted molar refractivity (Wildman–Crippen MR) is 104 cm³/mol. The van der Waals surface area contributed by atoms with Crippen LogP contribution in [-0.2, 0) is 16.4 Å². The Bertz CT molecular complexity index is 647. The summed E-state index contributed by atoms with van der Waals surface area (Å²) in [7, 11) is 4.32. The summed E-state index contributed by atoms with van der Waals surface area (Å²) in [6.07, 6.45) is 1.05. The number of para-hydroxylation sites is 1. The van der Waals surface area contributed by atoms with Crippen LogP contribution in [-0.4, -0.2) is 21.0 Å². The lowest BCUT2D eigenvalue weighted by Gasteiger charge is -2.31. The minimum Gasteiger partial charge on any atom is -0.467 e. The molecule has 0 spiro atoms. The highest BCUT2D eigenvalue weighted by Gasteiger charge is 2.29. The van der Waals surface area contributed by atoms with Crippen molar-refractivity contribution >= 4 is 13.9 Å². The number of hydrogen-bond acceptors (Lipinski definition) is 3. The van der Waals surface area contributed by atoms with Crippen molar-refractivity contribution in [1.82, 2.24) is 5.32 Å². The largest absolute Gasteiger partial charge is 0.467 e. The zero-order chi connectivity index (χ0) is 17.4. The number of nitrogens with one attached hydrogen (secondary N) is 1. The van der Waals surface area contributed by atoms with Crippen LogP contribution < -0.4 is 15.4 Å². The molecule has 24 heavy (non-hydrogen) atoms. The molecule has 130 valence electrons. The lowest BCUT2D eigenvalue weighted by molar-refractivity contribution is 0.0500. The summed E-state index contributed by atoms with van der Waals surface area (Å²) in [4.78, 5) is 0. The van der Waals surface area contributed by atoms with Crippen molar-refractivity contribution in [2.45, 2.75) is 32.0 Å². The molecule has 0 heterocycles. The first-order valence-corrected chi connectivity index (χ1v) is 9.36. The fraction of sp³-hybridized carbons (Fsp3) is 0.400. The third-order valence-electron chi connectivity index (χ3n) is 4.32. The topological polar surface area (TPSA) is 30.5 Å². The normalized spacial score (nSPS) is 14.0. The van der Waals surface area contributed by atoms with Gasteiger partial charge in [-0.3, -0.25) is 0 Å². The third kappa shape index (κ3) is 4.57. The number of ether oxygens (including phenoxy) is 2. The molecule has 0 radical (unpaired) electrons. The Morgan fingerprint density at radius 3 is 2.50 bits per heavy atom. The quantitative estimate of drug-likeness (QED) is 0.550. The van der Waals surface area contributed by atoms with Crippen LogP contribution in [0.15, 0.2) is 48.5 Å². The molecule has 0 saturated heterocycles. The fourth-order valence-electron chi connectivity index (χ4n) is 2.80. The zero-order valence-electron chi connectivity index (χ0n) is 15.1. The standard InChI is InChI=1S/C20H28NO2P/c1-5-20(2,17-11-7-8-12-18(17)23-15-22-4)24-19-13-9-6-10-16(19)14-21-3/h6-13,21,24H,5,14-15H2,1-4H3. The molecule has 1 N–H and O–H groups in total. The molecule has 0 aliphatic heterocycles. The van der Waals surface area contributed by atoms with Crippen molar-refractivity contribution < 1.29 is 9.47 Å². The van der Waals surface area contributed by atoms with Crippen molar-refractivity contribution in [1.29, 1.82) is 0 Å². The Morgan fingerprint density at radius 2 is 1.79 bits per heavy atom. The van der Waals surface area contributed by atoms with Crippen molar-refractivity contribution in [2.24, 2.45) is 0 Å². The molecular formula is C20H28NO2P. The maximum Gasteiger partial charge on any atom is 0.188 e. The summed E-state index contributed by atoms with van der Waals surface area (Å²) < 4.78 is 10.9. The molecule has 0 fully saturated rings. The first kappa shape index (κ1) is 18.9. The van der Waals surface area contributed by atoms with E-state index in [0.29, 0.717) is 8.58 Å². The van der Waals surface area contributed by atoms with Crippen LogP contribution in [0.1, 0.15) is 31.4 Å². The molecular weight excluding hydrogens is 317 g/mol. The molecule has 0 amide bonds. The van der Waals surface area contributed by atoms with Gasteiger partial charge in [-0.15, -0.1) is 0 Å². The molecule has 0 saturated carbocycles. The van der Waals surface area contributed by atoms with Gasteiger partial charge in [0.15, 0.2) is 6.79 Å². The number of rotatable bonds is 9. The van der Waals surface area contributed by atoms with Gasteiger partial charge in [0.1, 0.15) is 5.75 Å². The summed E-state index contributed by atoms with van der Waals surface area (Å²) in [6.45, 7) is 5.75. The van der Waals surface area contributed by atoms with E-state index in [2.05, 4.69) is 55.6 Å². The van der Waals surface area contributed by atoms with Gasteiger partial charge in [0, 0.05) is 24.4 Å². The van der Waals surface area contributed by atoms with Gasteiger partial charge in [0.25, 0.3) is 0 Å². The van der Waals surface area contributed by atoms with E-state index in [0.717, 1.165) is 18.7 Å². The first-order valence-electron chi connectivity index (χ1n) is 8.36. The van der Waals surface area contributed by atoms with Crippen molar-refractivity contribution in [3.63, 3.8) is 0 Å². The fourth-order valence-corrected chi connectivity index (χ4v) is 4.43. The Labute approximate surface area is 147 Å². The van der Waals surface area contributed by atoms with Gasteiger partial charge in [-0.1, -0.05) is 64.9 Å². The van der Waals surface area contributed by atoms with E-state index in [1.54, 1.807) is 7.11 Å². The predicted octanol–water partition coefficient (Wildman–Crippen LogP) is 4.02. The second kappa shape index (κ2) is 9.17. The lowest BCUT2D eigenvalue weighted by atomic mass is 9.96. The van der Waals surface area contributed by atoms with Gasteiger partial charge < -0.3 is 14.8 Å². The average Bonchev–Trinajstić information content (AvgIpc) is 2.62. The van der Waals surface area contributed by atoms with Gasteiger partial charge in [-0.05, 0) is 30.4 Å². The molecule has 2 unspecified atom stereocenters. The number of benzene rings is 2. The smallest absolute Gasteiger partial charge is 0.188 e. The second-order valence-corrected chi connectivity index (χ2v) is 7.94. The van der Waals surface area contributed by atoms with Gasteiger partial charge >= 0.3 is 0 Å². The van der Waals surface area contributed by atoms with Crippen LogP contribution in [0.2, 0.25) is 0 Å². The van der Waals surface area contributed by atoms with E-state index in [1.165, 1.54) is 16.4 Å². The molecule has 2 rings (SSSR count). The summed E-state index contributed by atoms with van der Waals surface area (Å²) >= 11 is 0. The maximum atomic E-state index is 5.82. The minimum absolute atomic E-state index is 0.0359. The van der Waals surface area contributed by atoms with Crippen LogP contribution in [0.3, 0.4) is 0 Å². The molecule has 0 aromatic heterocycles. The summed E-state index contributed by atoms with van der Waals surface area (Å²) in [5.41, 5.74) is 2.62. The van der Waals surface area contributed by atoms with Crippen molar-refractivity contribution in [2.75, 3.05) is 21.0 Å². The second-order valence-electron chi connectivity index (χ2n) is 6.05. The van der Waals surface area contributed by atoms with Crippen LogP contribution in [0.4, 0.5) is 0 Å². The molecule has 4 heteroatoms. The molecule has 2 aromatic carbocycles. The van der Waals surface area contributed by atoms with E-state index in [1.807, 2.05) is 19.2 Å². The van der Waals surface area contributed by atoms with Crippen molar-refractivity contribution in [3.8, 4) is 5.75 Å². The van der Waals surface area contributed by atoms with Crippen LogP contribution in [0.25, 0.3) is 0 Å². The van der Waals surface area contributed by atoms with E-state index in [-0.39, 0.29) is 11.9 Å². The van der Waals surface area contributed by atoms with E-state index >= 15 is 0 Å². The van der Waals surface area contributed by atoms with E-state index in [4.69, 9.17) is 9.47 Å². The number of methoxy groups -OCH3 is 1. The summed E-state index contributed by atoms with van der Waals surface area (Å²) in [5, 5.41) is 4.72. The van der Waals surface area contributed by atoms with E-state index < -0.39 is 0 Å². The van der Waals surface area contributed by atoms with Gasteiger partial charge in [0.05, 0.1) is 0 Å². The zero-order valence-corrected chi connectivity index (χ0v) is 16.1. The van der Waals surface area contributed by atoms with Gasteiger partial charge in [-0.2, -0.15) is 0 Å². The monoisotopic (exact) mass is 345 g/mol. The van der Waals surface area contributed by atoms with Gasteiger partial charge in [-0.25, -0.2) is 0 Å². The molecule has 2 atom stereocenters. The Morgan fingerprint density at radius 1 is 1.08 bits per heavy atom. The third-order valence-corrected chi connectivity index (χ3v) is 6.25. The highest BCUT2D eigenvalue weighted by Crippen LogP contribution is 2.47. The average molecular weight is 345 g/mol. The summed E-state index contributed by atoms with van der Waals surface area (Å²) in [6, 6.07) is 17.0. The van der Waals surface area contributed by atoms with Crippen LogP contribution in [0.5, 0.6) is 5.75 Å². The Balaban J connectivity index is 2.36. The maximum absolute atomic E-state index is 5.82. The van der Waals surface area contributed by atoms with Crippen LogP contribution >= 0.6 is 8.58 Å². The molecule has 0 aliphatic rings. The molecule has 2 aromatic rings. The Kier molecular flexibility index (Phi) is 7.23. The minimum atomic E-state index is 0.0359. The van der Waals surface area contributed by atoms with E-state index in [9.17, 15) is 0 Å². The van der Waals surface area contributed by atoms with Crippen molar-refractivity contribution in [3.05, 3.63) is 59.7 Å². The molecule has 0 aliphatic carbocycles. The first-order chi connectivity index (χ1) is 11.6. The Hall–Kier alpha value is -1.41. The molecule has 0 bridgehead atoms. The number of hydrogen-bond donors (Lipinski definition) is 1. The van der Waals surface area contributed by atoms with Crippen LogP contribution in [0, 0.1) is 0 Å². The highest BCUT2D eigenvalue weighted by molar-refractivity contribution is 7.48. The van der Waals surface area contributed by atoms with Gasteiger partial charge in [0.2, 0.25) is 0 Å². The highest BCUT2D eigenvalue weighted by atomic mass is 31.1. The molecule has 3 nitrogen and oxygen atoms in total.